The molecule has 28 heavy (non-hydrogen) atoms. The van der Waals surface area contributed by atoms with Crippen LogP contribution < -0.4 is 0 Å². The number of benzene rings is 2. The highest BCUT2D eigenvalue weighted by Crippen LogP contribution is 2.28. The molecule has 0 atom stereocenters. The molecule has 0 radical (unpaired) electrons. The van der Waals surface area contributed by atoms with Crippen LogP contribution in [0.15, 0.2) is 60.0 Å². The molecule has 5 rings (SSSR count). The van der Waals surface area contributed by atoms with Crippen molar-refractivity contribution >= 4 is 28.1 Å². The lowest BCUT2D eigenvalue weighted by atomic mass is 10.0. The lowest BCUT2D eigenvalue weighted by Gasteiger charge is -2.27. The fourth-order valence-electron chi connectivity index (χ4n) is 3.93. The van der Waals surface area contributed by atoms with Crippen LogP contribution in [0.5, 0.6) is 0 Å². The van der Waals surface area contributed by atoms with Crippen molar-refractivity contribution < 1.29 is 4.79 Å². The first-order valence-corrected chi connectivity index (χ1v) is 10.5. The summed E-state index contributed by atoms with van der Waals surface area (Å²) in [6, 6.07) is 18.7. The number of carbonyl (C=O) groups is 1. The molecule has 0 bridgehead atoms. The Hall–Kier alpha value is -2.92. The van der Waals surface area contributed by atoms with Gasteiger partial charge in [-0.3, -0.25) is 4.79 Å². The molecule has 4 nitrogen and oxygen atoms in total. The van der Waals surface area contributed by atoms with Crippen molar-refractivity contribution in [2.24, 2.45) is 0 Å². The minimum Gasteiger partial charge on any atom is -0.358 e. The number of para-hydroxylation sites is 1. The maximum Gasteiger partial charge on any atom is 0.228 e. The zero-order chi connectivity index (χ0) is 18.9. The Balaban J connectivity index is 1.28. The summed E-state index contributed by atoms with van der Waals surface area (Å²) in [7, 11) is 0. The number of fused-ring (bicyclic) bond motifs is 3. The average Bonchev–Trinajstić information content (AvgIpc) is 3.32. The van der Waals surface area contributed by atoms with Gasteiger partial charge < -0.3 is 9.88 Å². The summed E-state index contributed by atoms with van der Waals surface area (Å²) >= 11 is 1.64. The minimum atomic E-state index is 0.160. The van der Waals surface area contributed by atoms with Gasteiger partial charge in [0.2, 0.25) is 5.91 Å². The maximum atomic E-state index is 12.9. The number of H-pyrrole nitrogens is 1. The molecule has 2 aromatic carbocycles. The molecule has 5 heteroatoms. The predicted molar refractivity (Wildman–Crippen MR) is 112 cm³/mol. The molecule has 1 N–H and O–H groups in total. The zero-order valence-corrected chi connectivity index (χ0v) is 16.3. The molecule has 0 fully saturated rings. The smallest absolute Gasteiger partial charge is 0.228 e. The van der Waals surface area contributed by atoms with E-state index in [0.29, 0.717) is 13.0 Å². The van der Waals surface area contributed by atoms with Crippen molar-refractivity contribution in [1.82, 2.24) is 14.9 Å². The van der Waals surface area contributed by atoms with Gasteiger partial charge in [0, 0.05) is 53.5 Å². The molecule has 4 aromatic rings. The van der Waals surface area contributed by atoms with E-state index in [1.54, 1.807) is 11.3 Å². The van der Waals surface area contributed by atoms with Crippen LogP contribution in [-0.2, 0) is 30.6 Å². The summed E-state index contributed by atoms with van der Waals surface area (Å²) in [5.41, 5.74) is 5.82. The van der Waals surface area contributed by atoms with Crippen LogP contribution >= 0.6 is 11.3 Å². The van der Waals surface area contributed by atoms with E-state index in [2.05, 4.69) is 40.3 Å². The normalized spacial score (nSPS) is 13.6. The first kappa shape index (κ1) is 17.2. The third-order valence-electron chi connectivity index (χ3n) is 5.37. The monoisotopic (exact) mass is 387 g/mol. The molecular formula is C23H21N3OS. The summed E-state index contributed by atoms with van der Waals surface area (Å²) < 4.78 is 0. The van der Waals surface area contributed by atoms with Gasteiger partial charge >= 0.3 is 0 Å². The number of carbonyl (C=O) groups excluding carboxylic acids is 1. The zero-order valence-electron chi connectivity index (χ0n) is 15.5. The highest BCUT2D eigenvalue weighted by Gasteiger charge is 2.24. The highest BCUT2D eigenvalue weighted by atomic mass is 32.1. The molecular weight excluding hydrogens is 366 g/mol. The second-order valence-electron chi connectivity index (χ2n) is 7.26. The number of hydrogen-bond acceptors (Lipinski definition) is 3. The standard InChI is InChI=1S/C23H21N3OS/c27-23(13-17-15-28-22(24-17)12-16-6-2-1-3-7-16)26-11-10-21-19(14-26)18-8-4-5-9-20(18)25-21/h1-9,15,25H,10-14H2. The van der Waals surface area contributed by atoms with Gasteiger partial charge in [-0.2, -0.15) is 0 Å². The Morgan fingerprint density at radius 1 is 1.11 bits per heavy atom. The summed E-state index contributed by atoms with van der Waals surface area (Å²) in [5, 5.41) is 4.32. The van der Waals surface area contributed by atoms with Crippen molar-refractivity contribution in [3.8, 4) is 0 Å². The van der Waals surface area contributed by atoms with Crippen LogP contribution in [0.1, 0.15) is 27.5 Å². The van der Waals surface area contributed by atoms with Gasteiger partial charge in [-0.05, 0) is 11.6 Å². The number of nitrogens with one attached hydrogen (secondary N) is 1. The van der Waals surface area contributed by atoms with Crippen molar-refractivity contribution in [3.05, 3.63) is 87.5 Å². The van der Waals surface area contributed by atoms with Crippen LogP contribution in [0.2, 0.25) is 0 Å². The van der Waals surface area contributed by atoms with Gasteiger partial charge in [-0.1, -0.05) is 48.5 Å². The van der Waals surface area contributed by atoms with Gasteiger partial charge in [0.25, 0.3) is 0 Å². The van der Waals surface area contributed by atoms with Crippen molar-refractivity contribution in [2.75, 3.05) is 6.54 Å². The van der Waals surface area contributed by atoms with E-state index in [1.807, 2.05) is 34.5 Å². The first-order chi connectivity index (χ1) is 13.8. The van der Waals surface area contributed by atoms with E-state index in [-0.39, 0.29) is 5.91 Å². The lowest BCUT2D eigenvalue weighted by molar-refractivity contribution is -0.131. The van der Waals surface area contributed by atoms with Gasteiger partial charge in [0.05, 0.1) is 17.1 Å². The van der Waals surface area contributed by atoms with Crippen molar-refractivity contribution in [1.29, 1.82) is 0 Å². The summed E-state index contributed by atoms with van der Waals surface area (Å²) in [6.07, 6.45) is 2.08. The van der Waals surface area contributed by atoms with Gasteiger partial charge in [-0.25, -0.2) is 4.98 Å². The Kier molecular flexibility index (Phi) is 4.45. The highest BCUT2D eigenvalue weighted by molar-refractivity contribution is 7.09. The molecule has 0 saturated heterocycles. The molecule has 0 aliphatic carbocycles. The van der Waals surface area contributed by atoms with Gasteiger partial charge in [0.1, 0.15) is 0 Å². The van der Waals surface area contributed by atoms with Crippen LogP contribution in [0.3, 0.4) is 0 Å². The predicted octanol–water partition coefficient (Wildman–Crippen LogP) is 4.34. The van der Waals surface area contributed by atoms with E-state index in [4.69, 9.17) is 0 Å². The van der Waals surface area contributed by atoms with E-state index in [0.717, 1.165) is 35.6 Å². The minimum absolute atomic E-state index is 0.160. The number of thiazole rings is 1. The average molecular weight is 388 g/mol. The number of aromatic amines is 1. The Morgan fingerprint density at radius 3 is 2.82 bits per heavy atom. The topological polar surface area (TPSA) is 49.0 Å². The second kappa shape index (κ2) is 7.24. The van der Waals surface area contributed by atoms with Crippen LogP contribution in [-0.4, -0.2) is 27.3 Å². The van der Waals surface area contributed by atoms with E-state index >= 15 is 0 Å². The number of amides is 1. The van der Waals surface area contributed by atoms with E-state index in [9.17, 15) is 4.79 Å². The number of aromatic nitrogens is 2. The maximum absolute atomic E-state index is 12.9. The molecule has 140 valence electrons. The van der Waals surface area contributed by atoms with Crippen LogP contribution in [0.4, 0.5) is 0 Å². The molecule has 1 amide bonds. The Morgan fingerprint density at radius 2 is 1.93 bits per heavy atom. The van der Waals surface area contributed by atoms with E-state index < -0.39 is 0 Å². The third kappa shape index (κ3) is 3.34. The fourth-order valence-corrected chi connectivity index (χ4v) is 4.76. The number of rotatable bonds is 4. The third-order valence-corrected chi connectivity index (χ3v) is 6.26. The molecule has 2 aromatic heterocycles. The van der Waals surface area contributed by atoms with Crippen molar-refractivity contribution in [3.63, 3.8) is 0 Å². The largest absolute Gasteiger partial charge is 0.358 e. The number of hydrogen-bond donors (Lipinski definition) is 1. The van der Waals surface area contributed by atoms with Gasteiger partial charge in [0.15, 0.2) is 0 Å². The summed E-state index contributed by atoms with van der Waals surface area (Å²) in [6.45, 7) is 1.44. The Bertz CT molecular complexity index is 1130. The molecule has 0 spiro atoms. The van der Waals surface area contributed by atoms with Crippen LogP contribution in [0.25, 0.3) is 10.9 Å². The molecule has 1 aliphatic heterocycles. The number of nitrogens with zero attached hydrogens (tertiary/aromatic N) is 2. The van der Waals surface area contributed by atoms with Crippen molar-refractivity contribution in [2.45, 2.75) is 25.8 Å². The molecule has 3 heterocycles. The summed E-state index contributed by atoms with van der Waals surface area (Å²) in [5.74, 6) is 0.160. The first-order valence-electron chi connectivity index (χ1n) is 9.60. The Labute approximate surface area is 167 Å². The molecule has 0 unspecified atom stereocenters. The molecule has 0 saturated carbocycles. The van der Waals surface area contributed by atoms with Gasteiger partial charge in [-0.15, -0.1) is 11.3 Å². The molecule has 1 aliphatic rings. The second-order valence-corrected chi connectivity index (χ2v) is 8.21. The SMILES string of the molecule is O=C(Cc1csc(Cc2ccccc2)n1)N1CCc2[nH]c3ccccc3c2C1. The quantitative estimate of drug-likeness (QED) is 0.566. The summed E-state index contributed by atoms with van der Waals surface area (Å²) in [4.78, 5) is 23.0. The fraction of sp³-hybridized carbons (Fsp3) is 0.217. The van der Waals surface area contributed by atoms with Crippen LogP contribution in [0, 0.1) is 0 Å². The van der Waals surface area contributed by atoms with E-state index in [1.165, 1.54) is 22.2 Å². The lowest BCUT2D eigenvalue weighted by Crippen LogP contribution is -2.36.